The maximum Gasteiger partial charge on any atom is 0.119 e. The van der Waals surface area contributed by atoms with Crippen LogP contribution in [0.3, 0.4) is 0 Å². The maximum absolute atomic E-state index is 8.53. The van der Waals surface area contributed by atoms with Crippen molar-refractivity contribution < 1.29 is 5.11 Å². The minimum Gasteiger partial charge on any atom is -0.396 e. The van der Waals surface area contributed by atoms with E-state index < -0.39 is 0 Å². The fourth-order valence-corrected chi connectivity index (χ4v) is 1.33. The number of aromatic nitrogens is 2. The first-order valence-corrected chi connectivity index (χ1v) is 4.34. The minimum atomic E-state index is 0.181. The van der Waals surface area contributed by atoms with Crippen LogP contribution in [0.2, 0.25) is 0 Å². The fraction of sp³-hybridized carbons (Fsp3) is 0.429. The molecule has 0 amide bonds. The second kappa shape index (κ2) is 4.31. The second-order valence-electron chi connectivity index (χ2n) is 2.14. The molecule has 1 heterocycles. The predicted octanol–water partition coefficient (Wildman–Crippen LogP) is 0.869. The standard InChI is InChI=1S/C7H10N2OS/c1-6-4-7(9-8-5-6)11-3-2-10/h4-5,10H,2-3H2,1H3. The largest absolute Gasteiger partial charge is 0.396 e. The Morgan fingerprint density at radius 3 is 3.09 bits per heavy atom. The molecule has 0 atom stereocenters. The highest BCUT2D eigenvalue weighted by molar-refractivity contribution is 7.99. The number of hydrogen-bond acceptors (Lipinski definition) is 4. The quantitative estimate of drug-likeness (QED) is 0.684. The Labute approximate surface area is 69.9 Å². The molecule has 0 radical (unpaired) electrons. The van der Waals surface area contributed by atoms with Crippen LogP contribution in [0, 0.1) is 6.92 Å². The van der Waals surface area contributed by atoms with Gasteiger partial charge in [0.15, 0.2) is 0 Å². The Bertz CT molecular complexity index is 229. The molecule has 1 rings (SSSR count). The first-order valence-electron chi connectivity index (χ1n) is 3.36. The van der Waals surface area contributed by atoms with Crippen LogP contribution in [-0.2, 0) is 0 Å². The van der Waals surface area contributed by atoms with Crippen molar-refractivity contribution in [1.82, 2.24) is 10.2 Å². The van der Waals surface area contributed by atoms with Gasteiger partial charge in [0.1, 0.15) is 5.03 Å². The molecule has 0 aliphatic rings. The highest BCUT2D eigenvalue weighted by atomic mass is 32.2. The van der Waals surface area contributed by atoms with E-state index in [1.54, 1.807) is 6.20 Å². The van der Waals surface area contributed by atoms with Crippen molar-refractivity contribution in [2.24, 2.45) is 0 Å². The summed E-state index contributed by atoms with van der Waals surface area (Å²) < 4.78 is 0. The predicted molar refractivity (Wildman–Crippen MR) is 44.6 cm³/mol. The third kappa shape index (κ3) is 2.86. The molecular formula is C7H10N2OS. The minimum absolute atomic E-state index is 0.181. The van der Waals surface area contributed by atoms with Crippen LogP contribution in [0.15, 0.2) is 17.3 Å². The number of hydrogen-bond donors (Lipinski definition) is 1. The zero-order chi connectivity index (χ0) is 8.10. The number of rotatable bonds is 3. The van der Waals surface area contributed by atoms with Crippen molar-refractivity contribution in [2.75, 3.05) is 12.4 Å². The summed E-state index contributed by atoms with van der Waals surface area (Å²) in [5, 5.41) is 17.1. The number of aliphatic hydroxyl groups is 1. The molecule has 11 heavy (non-hydrogen) atoms. The van der Waals surface area contributed by atoms with Gasteiger partial charge < -0.3 is 5.11 Å². The average Bonchev–Trinajstić information content (AvgIpc) is 2.01. The third-order valence-electron chi connectivity index (χ3n) is 1.11. The van der Waals surface area contributed by atoms with Crippen molar-refractivity contribution in [3.8, 4) is 0 Å². The van der Waals surface area contributed by atoms with E-state index in [9.17, 15) is 0 Å². The SMILES string of the molecule is Cc1cnnc(SCCO)c1. The zero-order valence-electron chi connectivity index (χ0n) is 6.32. The van der Waals surface area contributed by atoms with E-state index >= 15 is 0 Å². The van der Waals surface area contributed by atoms with Gasteiger partial charge in [-0.15, -0.1) is 16.9 Å². The molecule has 0 saturated carbocycles. The Morgan fingerprint density at radius 2 is 2.45 bits per heavy atom. The lowest BCUT2D eigenvalue weighted by Gasteiger charge is -1.96. The molecule has 0 spiro atoms. The second-order valence-corrected chi connectivity index (χ2v) is 3.26. The van der Waals surface area contributed by atoms with E-state index in [4.69, 9.17) is 5.11 Å². The lowest BCUT2D eigenvalue weighted by molar-refractivity contribution is 0.322. The van der Waals surface area contributed by atoms with Gasteiger partial charge in [0.05, 0.1) is 12.8 Å². The zero-order valence-corrected chi connectivity index (χ0v) is 7.14. The molecule has 0 aliphatic carbocycles. The highest BCUT2D eigenvalue weighted by Crippen LogP contribution is 2.13. The maximum atomic E-state index is 8.53. The summed E-state index contributed by atoms with van der Waals surface area (Å²) >= 11 is 1.51. The Hall–Kier alpha value is -0.610. The summed E-state index contributed by atoms with van der Waals surface area (Å²) in [6.45, 7) is 2.15. The van der Waals surface area contributed by atoms with Crippen LogP contribution in [0.4, 0.5) is 0 Å². The molecule has 0 aliphatic heterocycles. The van der Waals surface area contributed by atoms with Crippen LogP contribution in [0.25, 0.3) is 0 Å². The van der Waals surface area contributed by atoms with Gasteiger partial charge in [-0.05, 0) is 18.6 Å². The van der Waals surface area contributed by atoms with E-state index in [2.05, 4.69) is 10.2 Å². The van der Waals surface area contributed by atoms with Gasteiger partial charge in [-0.1, -0.05) is 0 Å². The normalized spacial score (nSPS) is 10.0. The van der Waals surface area contributed by atoms with Crippen LogP contribution in [0.5, 0.6) is 0 Å². The van der Waals surface area contributed by atoms with Gasteiger partial charge in [-0.3, -0.25) is 0 Å². The van der Waals surface area contributed by atoms with E-state index in [1.807, 2.05) is 13.0 Å². The number of aryl methyl sites for hydroxylation is 1. The molecule has 0 aromatic carbocycles. The molecule has 0 fully saturated rings. The smallest absolute Gasteiger partial charge is 0.119 e. The van der Waals surface area contributed by atoms with Gasteiger partial charge in [-0.2, -0.15) is 5.10 Å². The van der Waals surface area contributed by atoms with Crippen molar-refractivity contribution in [3.05, 3.63) is 17.8 Å². The van der Waals surface area contributed by atoms with Gasteiger partial charge in [0, 0.05) is 5.75 Å². The Balaban J connectivity index is 2.56. The number of thioether (sulfide) groups is 1. The van der Waals surface area contributed by atoms with Crippen LogP contribution in [-0.4, -0.2) is 27.7 Å². The molecule has 0 bridgehead atoms. The van der Waals surface area contributed by atoms with Crippen molar-refractivity contribution in [2.45, 2.75) is 11.9 Å². The molecule has 4 heteroatoms. The molecular weight excluding hydrogens is 160 g/mol. The number of aliphatic hydroxyl groups excluding tert-OH is 1. The third-order valence-corrected chi connectivity index (χ3v) is 1.99. The fourth-order valence-electron chi connectivity index (χ4n) is 0.658. The summed E-state index contributed by atoms with van der Waals surface area (Å²) in [7, 11) is 0. The topological polar surface area (TPSA) is 46.0 Å². The molecule has 60 valence electrons. The monoisotopic (exact) mass is 170 g/mol. The van der Waals surface area contributed by atoms with Gasteiger partial charge in [0.25, 0.3) is 0 Å². The molecule has 0 saturated heterocycles. The summed E-state index contributed by atoms with van der Waals surface area (Å²) in [4.78, 5) is 0. The first kappa shape index (κ1) is 8.49. The highest BCUT2D eigenvalue weighted by Gasteiger charge is 1.94. The van der Waals surface area contributed by atoms with Crippen molar-refractivity contribution in [3.63, 3.8) is 0 Å². The lowest BCUT2D eigenvalue weighted by atomic mass is 10.4. The Kier molecular flexibility index (Phi) is 3.32. The summed E-state index contributed by atoms with van der Waals surface area (Å²) in [5.74, 6) is 0.679. The molecule has 1 aromatic rings. The van der Waals surface area contributed by atoms with Crippen molar-refractivity contribution >= 4 is 11.8 Å². The van der Waals surface area contributed by atoms with Crippen LogP contribution < -0.4 is 0 Å². The summed E-state index contributed by atoms with van der Waals surface area (Å²) in [6, 6.07) is 1.95. The van der Waals surface area contributed by atoms with Gasteiger partial charge in [-0.25, -0.2) is 0 Å². The molecule has 0 unspecified atom stereocenters. The van der Waals surface area contributed by atoms with E-state index in [0.29, 0.717) is 5.75 Å². The Morgan fingerprint density at radius 1 is 1.64 bits per heavy atom. The molecule has 1 N–H and O–H groups in total. The lowest BCUT2D eigenvalue weighted by Crippen LogP contribution is -1.90. The van der Waals surface area contributed by atoms with Gasteiger partial charge >= 0.3 is 0 Å². The van der Waals surface area contributed by atoms with Gasteiger partial charge in [0.2, 0.25) is 0 Å². The summed E-state index contributed by atoms with van der Waals surface area (Å²) in [5.41, 5.74) is 1.10. The average molecular weight is 170 g/mol. The van der Waals surface area contributed by atoms with E-state index in [1.165, 1.54) is 11.8 Å². The number of nitrogens with zero attached hydrogens (tertiary/aromatic N) is 2. The van der Waals surface area contributed by atoms with Crippen LogP contribution in [0.1, 0.15) is 5.56 Å². The van der Waals surface area contributed by atoms with Crippen LogP contribution >= 0.6 is 11.8 Å². The molecule has 3 nitrogen and oxygen atoms in total. The first-order chi connectivity index (χ1) is 5.33. The van der Waals surface area contributed by atoms with Crippen molar-refractivity contribution in [1.29, 1.82) is 0 Å². The molecule has 1 aromatic heterocycles. The summed E-state index contributed by atoms with van der Waals surface area (Å²) in [6.07, 6.45) is 1.71. The van der Waals surface area contributed by atoms with E-state index in [0.717, 1.165) is 10.6 Å². The van der Waals surface area contributed by atoms with E-state index in [-0.39, 0.29) is 6.61 Å².